The summed E-state index contributed by atoms with van der Waals surface area (Å²) in [7, 11) is 0. The lowest BCUT2D eigenvalue weighted by Crippen LogP contribution is -2.50. The Morgan fingerprint density at radius 2 is 1.88 bits per heavy atom. The molecule has 33 heavy (non-hydrogen) atoms. The average Bonchev–Trinajstić information content (AvgIpc) is 3.08. The molecule has 7 heteroatoms. The zero-order chi connectivity index (χ0) is 23.0. The number of hydrogen-bond acceptors (Lipinski definition) is 5. The summed E-state index contributed by atoms with van der Waals surface area (Å²) in [5, 5.41) is 22.6. The maximum atomic E-state index is 13.6. The number of nitrogens with zero attached hydrogens (tertiary/aromatic N) is 3. The summed E-state index contributed by atoms with van der Waals surface area (Å²) in [6.45, 7) is 2.26. The minimum Gasteiger partial charge on any atom is -0.393 e. The number of nitrogens with one attached hydrogen (secondary N) is 1. The molecule has 2 amide bonds. The van der Waals surface area contributed by atoms with Gasteiger partial charge in [0.05, 0.1) is 22.8 Å². The van der Waals surface area contributed by atoms with Crippen LogP contribution in [-0.4, -0.2) is 53.6 Å². The van der Waals surface area contributed by atoms with Gasteiger partial charge in [-0.1, -0.05) is 6.42 Å². The molecular formula is C26H34N4O3. The Labute approximate surface area is 195 Å². The molecule has 4 aliphatic rings. The summed E-state index contributed by atoms with van der Waals surface area (Å²) in [6.07, 6.45) is 8.79. The Bertz CT molecular complexity index is 961. The lowest BCUT2D eigenvalue weighted by Gasteiger charge is -2.41. The van der Waals surface area contributed by atoms with Gasteiger partial charge in [0.1, 0.15) is 6.07 Å². The van der Waals surface area contributed by atoms with Crippen LogP contribution in [0.5, 0.6) is 0 Å². The van der Waals surface area contributed by atoms with Gasteiger partial charge in [0.2, 0.25) is 11.8 Å². The highest BCUT2D eigenvalue weighted by Crippen LogP contribution is 2.44. The van der Waals surface area contributed by atoms with Crippen molar-refractivity contribution in [3.05, 3.63) is 23.8 Å². The van der Waals surface area contributed by atoms with E-state index in [2.05, 4.69) is 21.2 Å². The molecule has 2 saturated heterocycles. The van der Waals surface area contributed by atoms with Crippen LogP contribution in [0, 0.1) is 22.7 Å². The monoisotopic (exact) mass is 450 g/mol. The van der Waals surface area contributed by atoms with Crippen LogP contribution >= 0.6 is 0 Å². The maximum absolute atomic E-state index is 13.6. The van der Waals surface area contributed by atoms with Crippen LogP contribution in [0.1, 0.15) is 69.8 Å². The van der Waals surface area contributed by atoms with E-state index in [-0.39, 0.29) is 35.3 Å². The number of hydrogen-bond donors (Lipinski definition) is 2. The summed E-state index contributed by atoms with van der Waals surface area (Å²) >= 11 is 0. The maximum Gasteiger partial charge on any atom is 0.230 e. The number of benzene rings is 1. The van der Waals surface area contributed by atoms with Crippen molar-refractivity contribution in [1.29, 1.82) is 5.26 Å². The first-order valence-corrected chi connectivity index (χ1v) is 12.6. The number of carbonyl (C=O) groups excluding carboxylic acids is 2. The summed E-state index contributed by atoms with van der Waals surface area (Å²) < 4.78 is 0. The highest BCUT2D eigenvalue weighted by atomic mass is 16.3. The highest BCUT2D eigenvalue weighted by Gasteiger charge is 2.50. The number of aliphatic hydroxyl groups is 1. The molecule has 1 spiro atoms. The van der Waals surface area contributed by atoms with Gasteiger partial charge in [-0.15, -0.1) is 0 Å². The van der Waals surface area contributed by atoms with Gasteiger partial charge in [-0.2, -0.15) is 5.26 Å². The van der Waals surface area contributed by atoms with E-state index in [0.29, 0.717) is 17.8 Å². The Morgan fingerprint density at radius 3 is 2.58 bits per heavy atom. The topological polar surface area (TPSA) is 96.7 Å². The lowest BCUT2D eigenvalue weighted by atomic mass is 9.78. The van der Waals surface area contributed by atoms with Gasteiger partial charge in [-0.3, -0.25) is 9.59 Å². The normalized spacial score (nSPS) is 30.2. The quantitative estimate of drug-likeness (QED) is 0.733. The zero-order valence-electron chi connectivity index (χ0n) is 19.3. The van der Waals surface area contributed by atoms with Crippen molar-refractivity contribution >= 4 is 23.2 Å². The first-order valence-electron chi connectivity index (χ1n) is 12.6. The molecule has 2 heterocycles. The van der Waals surface area contributed by atoms with Crippen molar-refractivity contribution in [3.8, 4) is 6.07 Å². The van der Waals surface area contributed by atoms with Crippen LogP contribution in [0.2, 0.25) is 0 Å². The predicted octanol–water partition coefficient (Wildman–Crippen LogP) is 3.42. The molecule has 7 nitrogen and oxygen atoms in total. The van der Waals surface area contributed by atoms with Crippen LogP contribution in [0.25, 0.3) is 0 Å². The summed E-state index contributed by atoms with van der Waals surface area (Å²) in [6, 6.07) is 8.13. The summed E-state index contributed by atoms with van der Waals surface area (Å²) in [5.41, 5.74) is 1.69. The largest absolute Gasteiger partial charge is 0.393 e. The third kappa shape index (κ3) is 4.21. The second kappa shape index (κ2) is 8.98. The van der Waals surface area contributed by atoms with Crippen molar-refractivity contribution < 1.29 is 14.7 Å². The highest BCUT2D eigenvalue weighted by molar-refractivity contribution is 5.93. The Morgan fingerprint density at radius 1 is 1.09 bits per heavy atom. The van der Waals surface area contributed by atoms with E-state index < -0.39 is 0 Å². The Balaban J connectivity index is 1.30. The van der Waals surface area contributed by atoms with Crippen LogP contribution < -0.4 is 10.2 Å². The molecule has 0 aromatic heterocycles. The Kier molecular flexibility index (Phi) is 6.05. The van der Waals surface area contributed by atoms with Crippen molar-refractivity contribution in [2.45, 2.75) is 76.4 Å². The average molecular weight is 451 g/mol. The van der Waals surface area contributed by atoms with E-state index in [1.807, 2.05) is 12.1 Å². The second-order valence-electron chi connectivity index (χ2n) is 10.5. The van der Waals surface area contributed by atoms with Gasteiger partial charge < -0.3 is 20.2 Å². The van der Waals surface area contributed by atoms with Crippen LogP contribution in [-0.2, 0) is 9.59 Å². The van der Waals surface area contributed by atoms with E-state index in [1.54, 1.807) is 6.07 Å². The van der Waals surface area contributed by atoms with Crippen molar-refractivity contribution in [2.75, 3.05) is 29.9 Å². The number of rotatable bonds is 4. The second-order valence-corrected chi connectivity index (χ2v) is 10.5. The van der Waals surface area contributed by atoms with E-state index in [4.69, 9.17) is 0 Å². The third-order valence-corrected chi connectivity index (χ3v) is 8.43. The van der Waals surface area contributed by atoms with Gasteiger partial charge in [0.15, 0.2) is 0 Å². The fourth-order valence-electron chi connectivity index (χ4n) is 6.18. The molecule has 0 bridgehead atoms. The number of likely N-dealkylation sites (tertiary alicyclic amines) is 1. The summed E-state index contributed by atoms with van der Waals surface area (Å²) in [4.78, 5) is 30.2. The first-order chi connectivity index (χ1) is 16.0. The molecule has 1 aromatic rings. The van der Waals surface area contributed by atoms with E-state index >= 15 is 0 Å². The van der Waals surface area contributed by atoms with Gasteiger partial charge in [0, 0.05) is 37.3 Å². The molecule has 2 aliphatic heterocycles. The molecule has 1 atom stereocenters. The van der Waals surface area contributed by atoms with Crippen molar-refractivity contribution in [1.82, 2.24) is 4.90 Å². The van der Waals surface area contributed by atoms with Crippen LogP contribution in [0.4, 0.5) is 11.4 Å². The molecule has 176 valence electrons. The smallest absolute Gasteiger partial charge is 0.230 e. The lowest BCUT2D eigenvalue weighted by molar-refractivity contribution is -0.139. The molecule has 2 saturated carbocycles. The molecule has 2 N–H and O–H groups in total. The van der Waals surface area contributed by atoms with E-state index in [1.165, 1.54) is 0 Å². The van der Waals surface area contributed by atoms with Gasteiger partial charge >= 0.3 is 0 Å². The van der Waals surface area contributed by atoms with Crippen molar-refractivity contribution in [2.24, 2.45) is 11.3 Å². The van der Waals surface area contributed by atoms with Crippen LogP contribution in [0.3, 0.4) is 0 Å². The number of carbonyl (C=O) groups is 2. The van der Waals surface area contributed by atoms with Gasteiger partial charge in [0.25, 0.3) is 0 Å². The first kappa shape index (κ1) is 22.2. The molecule has 2 aliphatic carbocycles. The number of aliphatic hydroxyl groups excluding tert-OH is 1. The summed E-state index contributed by atoms with van der Waals surface area (Å²) in [5.74, 6) is 0.402. The van der Waals surface area contributed by atoms with Crippen molar-refractivity contribution in [3.63, 3.8) is 0 Å². The third-order valence-electron chi connectivity index (χ3n) is 8.43. The zero-order valence-corrected chi connectivity index (χ0v) is 19.3. The van der Waals surface area contributed by atoms with E-state index in [9.17, 15) is 20.0 Å². The molecule has 0 radical (unpaired) electrons. The van der Waals surface area contributed by atoms with E-state index in [0.717, 1.165) is 83.0 Å². The number of amides is 2. The minimum absolute atomic E-state index is 0.0432. The number of anilines is 2. The fourth-order valence-corrected chi connectivity index (χ4v) is 6.18. The molecular weight excluding hydrogens is 416 g/mol. The predicted molar refractivity (Wildman–Crippen MR) is 126 cm³/mol. The van der Waals surface area contributed by atoms with Gasteiger partial charge in [-0.25, -0.2) is 0 Å². The minimum atomic E-state index is -0.377. The number of piperidine rings is 1. The molecule has 1 aromatic carbocycles. The Hall–Kier alpha value is -2.59. The number of nitriles is 1. The SMILES string of the molecule is N#Cc1cc(NC(=O)C2CCC2)ccc1N1CCC[C@@]2(CCN([C@H]3CC[C@H](O)CC3)C2=O)C1. The molecule has 5 rings (SSSR count). The van der Waals surface area contributed by atoms with Gasteiger partial charge in [-0.05, 0) is 76.0 Å². The molecule has 4 fully saturated rings. The van der Waals surface area contributed by atoms with Crippen LogP contribution in [0.15, 0.2) is 18.2 Å². The molecule has 0 unspecified atom stereocenters. The fraction of sp³-hybridized carbons (Fsp3) is 0.654. The standard InChI is InChI=1S/C26H34N4O3/c27-16-19-15-20(28-24(32)18-3-1-4-18)5-10-23(19)29-13-2-11-26(17-29)12-14-30(25(26)33)21-6-8-22(31)9-7-21/h5,10,15,18,21-22,31H,1-4,6-9,11-14,17H2,(H,28,32)/t21-,22-,26-/m1/s1.